The van der Waals surface area contributed by atoms with Crippen LogP contribution in [0.25, 0.3) is 26.1 Å². The van der Waals surface area contributed by atoms with E-state index in [4.69, 9.17) is 4.74 Å². The fraction of sp³-hybridized carbons (Fsp3) is 0.167. The second kappa shape index (κ2) is 6.30. The zero-order valence-corrected chi connectivity index (χ0v) is 14.9. The summed E-state index contributed by atoms with van der Waals surface area (Å²) < 4.78 is 6.67. The van der Waals surface area contributed by atoms with Gasteiger partial charge in [-0.3, -0.25) is 4.79 Å². The van der Waals surface area contributed by atoms with Gasteiger partial charge in [0.25, 0.3) is 5.56 Å². The summed E-state index contributed by atoms with van der Waals surface area (Å²) in [6, 6.07) is 10.3. The van der Waals surface area contributed by atoms with Crippen LogP contribution < -0.4 is 5.56 Å². The zero-order valence-electron chi connectivity index (χ0n) is 14.1. The van der Waals surface area contributed by atoms with E-state index in [0.717, 1.165) is 15.9 Å². The van der Waals surface area contributed by atoms with Gasteiger partial charge in [-0.05, 0) is 44.2 Å². The first-order chi connectivity index (χ1) is 12.6. The predicted octanol–water partition coefficient (Wildman–Crippen LogP) is 2.88. The van der Waals surface area contributed by atoms with Gasteiger partial charge in [0.05, 0.1) is 17.9 Å². The molecule has 8 heteroatoms. The number of carbonyl (C=O) groups excluding carboxylic acids is 1. The fourth-order valence-electron chi connectivity index (χ4n) is 2.68. The normalized spacial score (nSPS) is 11.2. The Morgan fingerprint density at radius 2 is 2.12 bits per heavy atom. The highest BCUT2D eigenvalue weighted by molar-refractivity contribution is 7.25. The first kappa shape index (κ1) is 16.3. The Bertz CT molecular complexity index is 1210. The van der Waals surface area contributed by atoms with Crippen LogP contribution in [0.1, 0.15) is 23.0 Å². The Morgan fingerprint density at radius 3 is 2.92 bits per heavy atom. The van der Waals surface area contributed by atoms with Crippen molar-refractivity contribution in [2.24, 2.45) is 0 Å². The van der Waals surface area contributed by atoms with Crippen molar-refractivity contribution in [3.05, 3.63) is 58.0 Å². The fourth-order valence-corrected chi connectivity index (χ4v) is 3.76. The number of hydrogen-bond donors (Lipinski definition) is 0. The molecule has 0 amide bonds. The molecule has 3 aromatic heterocycles. The van der Waals surface area contributed by atoms with Gasteiger partial charge in [-0.25, -0.2) is 9.78 Å². The largest absolute Gasteiger partial charge is 0.462 e. The Balaban J connectivity index is 1.89. The van der Waals surface area contributed by atoms with Crippen molar-refractivity contribution in [3.63, 3.8) is 0 Å². The number of fused-ring (bicyclic) bond motifs is 3. The maximum Gasteiger partial charge on any atom is 0.338 e. The summed E-state index contributed by atoms with van der Waals surface area (Å²) in [6.07, 6.45) is 0. The van der Waals surface area contributed by atoms with Crippen molar-refractivity contribution >= 4 is 37.7 Å². The molecular weight excluding hydrogens is 352 g/mol. The first-order valence-corrected chi connectivity index (χ1v) is 8.83. The monoisotopic (exact) mass is 366 g/mol. The third kappa shape index (κ3) is 2.64. The molecule has 0 N–H and O–H groups in total. The van der Waals surface area contributed by atoms with Crippen LogP contribution in [0.3, 0.4) is 0 Å². The highest BCUT2D eigenvalue weighted by Gasteiger charge is 2.15. The van der Waals surface area contributed by atoms with Crippen LogP contribution in [0.15, 0.2) is 41.2 Å². The number of aryl methyl sites for hydroxylation is 1. The lowest BCUT2D eigenvalue weighted by Gasteiger charge is -2.06. The minimum atomic E-state index is -0.446. The Labute approximate surface area is 151 Å². The quantitative estimate of drug-likeness (QED) is 0.518. The molecule has 0 radical (unpaired) electrons. The molecule has 4 aromatic rings. The molecule has 0 unspecified atom stereocenters. The lowest BCUT2D eigenvalue weighted by Crippen LogP contribution is -2.22. The molecule has 0 aliphatic rings. The Hall–Kier alpha value is -3.13. The van der Waals surface area contributed by atoms with E-state index in [-0.39, 0.29) is 12.2 Å². The zero-order chi connectivity index (χ0) is 18.3. The van der Waals surface area contributed by atoms with Gasteiger partial charge in [-0.15, -0.1) is 16.4 Å². The third-order valence-electron chi connectivity index (χ3n) is 3.89. The molecule has 0 fully saturated rings. The molecular formula is C18H14N4O3S. The van der Waals surface area contributed by atoms with Crippen LogP contribution in [-0.4, -0.2) is 32.6 Å². The topological polar surface area (TPSA) is 87.0 Å². The second-order valence-electron chi connectivity index (χ2n) is 5.66. The molecule has 0 saturated carbocycles. The molecule has 0 atom stereocenters. The number of nitrogens with zero attached hydrogens (tertiary/aromatic N) is 4. The van der Waals surface area contributed by atoms with Gasteiger partial charge in [0.15, 0.2) is 0 Å². The number of rotatable bonds is 3. The van der Waals surface area contributed by atoms with Crippen molar-refractivity contribution in [2.75, 3.05) is 6.61 Å². The lowest BCUT2D eigenvalue weighted by atomic mass is 10.2. The van der Waals surface area contributed by atoms with Crippen LogP contribution in [0.2, 0.25) is 0 Å². The highest BCUT2D eigenvalue weighted by atomic mass is 32.1. The van der Waals surface area contributed by atoms with Crippen LogP contribution >= 0.6 is 11.3 Å². The highest BCUT2D eigenvalue weighted by Crippen LogP contribution is 2.28. The number of thiophene rings is 1. The SMILES string of the molecule is CCOC(=O)c1cccc(-n2nnc3c(sc4nc(C)ccc43)c2=O)c1. The molecule has 7 nitrogen and oxygen atoms in total. The van der Waals surface area contributed by atoms with E-state index < -0.39 is 5.97 Å². The van der Waals surface area contributed by atoms with E-state index in [1.165, 1.54) is 16.0 Å². The number of ether oxygens (including phenoxy) is 1. The number of benzene rings is 1. The lowest BCUT2D eigenvalue weighted by molar-refractivity contribution is 0.0526. The summed E-state index contributed by atoms with van der Waals surface area (Å²) in [5, 5.41) is 9.08. The van der Waals surface area contributed by atoms with Crippen LogP contribution in [0.4, 0.5) is 0 Å². The molecule has 26 heavy (non-hydrogen) atoms. The van der Waals surface area contributed by atoms with Crippen LogP contribution in [0, 0.1) is 6.92 Å². The molecule has 3 heterocycles. The van der Waals surface area contributed by atoms with Crippen LogP contribution in [-0.2, 0) is 4.74 Å². The van der Waals surface area contributed by atoms with Crippen molar-refractivity contribution < 1.29 is 9.53 Å². The Kier molecular flexibility index (Phi) is 3.96. The molecule has 0 aliphatic heterocycles. The van der Waals surface area contributed by atoms with E-state index >= 15 is 0 Å². The van der Waals surface area contributed by atoms with E-state index in [2.05, 4.69) is 15.3 Å². The smallest absolute Gasteiger partial charge is 0.338 e. The van der Waals surface area contributed by atoms with Gasteiger partial charge in [0, 0.05) is 11.1 Å². The summed E-state index contributed by atoms with van der Waals surface area (Å²) in [6.45, 7) is 3.92. The van der Waals surface area contributed by atoms with Gasteiger partial charge in [0.1, 0.15) is 15.0 Å². The molecule has 0 aliphatic carbocycles. The third-order valence-corrected chi connectivity index (χ3v) is 4.97. The minimum Gasteiger partial charge on any atom is -0.462 e. The first-order valence-electron chi connectivity index (χ1n) is 8.02. The van der Waals surface area contributed by atoms with E-state index in [1.807, 2.05) is 19.1 Å². The predicted molar refractivity (Wildman–Crippen MR) is 99.0 cm³/mol. The van der Waals surface area contributed by atoms with Crippen LogP contribution in [0.5, 0.6) is 0 Å². The molecule has 0 spiro atoms. The average molecular weight is 366 g/mol. The van der Waals surface area contributed by atoms with Gasteiger partial charge < -0.3 is 4.74 Å². The van der Waals surface area contributed by atoms with Gasteiger partial charge >= 0.3 is 5.97 Å². The van der Waals surface area contributed by atoms with Crippen molar-refractivity contribution in [1.29, 1.82) is 0 Å². The number of pyridine rings is 1. The minimum absolute atomic E-state index is 0.281. The molecule has 4 rings (SSSR count). The van der Waals surface area contributed by atoms with Crippen molar-refractivity contribution in [1.82, 2.24) is 20.0 Å². The van der Waals surface area contributed by atoms with Gasteiger partial charge in [-0.2, -0.15) is 4.68 Å². The summed E-state index contributed by atoms with van der Waals surface area (Å²) in [7, 11) is 0. The van der Waals surface area contributed by atoms with E-state index in [1.54, 1.807) is 31.2 Å². The standard InChI is InChI=1S/C18H14N4O3S/c1-3-25-18(24)11-5-4-6-12(9-11)22-17(23)15-14(20-21-22)13-8-7-10(2)19-16(13)26-15/h4-9H,3H2,1-2H3. The second-order valence-corrected chi connectivity index (χ2v) is 6.66. The van der Waals surface area contributed by atoms with Gasteiger partial charge in [0.2, 0.25) is 0 Å². The summed E-state index contributed by atoms with van der Waals surface area (Å²) in [5.74, 6) is -0.446. The van der Waals surface area contributed by atoms with E-state index in [0.29, 0.717) is 21.5 Å². The summed E-state index contributed by atoms with van der Waals surface area (Å²) >= 11 is 1.29. The molecule has 0 bridgehead atoms. The molecule has 0 saturated heterocycles. The maximum absolute atomic E-state index is 12.9. The maximum atomic E-state index is 12.9. The van der Waals surface area contributed by atoms with Crippen molar-refractivity contribution in [2.45, 2.75) is 13.8 Å². The number of esters is 1. The summed E-state index contributed by atoms with van der Waals surface area (Å²) in [4.78, 5) is 30.0. The summed E-state index contributed by atoms with van der Waals surface area (Å²) in [5.41, 5.74) is 1.93. The van der Waals surface area contributed by atoms with E-state index in [9.17, 15) is 9.59 Å². The van der Waals surface area contributed by atoms with Crippen molar-refractivity contribution in [3.8, 4) is 5.69 Å². The van der Waals surface area contributed by atoms with Gasteiger partial charge in [-0.1, -0.05) is 11.3 Å². The number of hydrogen-bond acceptors (Lipinski definition) is 7. The Morgan fingerprint density at radius 1 is 1.27 bits per heavy atom. The average Bonchev–Trinajstić information content (AvgIpc) is 3.01. The molecule has 1 aromatic carbocycles. The number of aromatic nitrogens is 4. The number of carbonyl (C=O) groups is 1. The molecule has 130 valence electrons.